The molecule has 12 heteroatoms. The molecule has 58 heavy (non-hydrogen) atoms. The average molecular weight is 792 g/mol. The number of carbonyl (C=O) groups is 5. The molecule has 12 nitrogen and oxygen atoms in total. The molecule has 4 aromatic carbocycles. The van der Waals surface area contributed by atoms with Gasteiger partial charge in [-0.2, -0.15) is 0 Å². The Balaban J connectivity index is 1.41. The molecule has 306 valence electrons. The zero-order valence-electron chi connectivity index (χ0n) is 33.6. The van der Waals surface area contributed by atoms with E-state index in [1.807, 2.05) is 98.8 Å². The van der Waals surface area contributed by atoms with Crippen LogP contribution >= 0.6 is 0 Å². The maximum absolute atomic E-state index is 14.7. The minimum Gasteiger partial charge on any atom is -0.481 e. The number of rotatable bonds is 20. The highest BCUT2D eigenvalue weighted by molar-refractivity contribution is 6.00. The van der Waals surface area contributed by atoms with E-state index in [2.05, 4.69) is 0 Å². The summed E-state index contributed by atoms with van der Waals surface area (Å²) in [5, 5.41) is 10.6. The maximum atomic E-state index is 14.7. The highest BCUT2D eigenvalue weighted by atomic mass is 16.5. The number of hydrogen-bond donors (Lipinski definition) is 1. The summed E-state index contributed by atoms with van der Waals surface area (Å²) in [6, 6.07) is 33.2. The molecule has 5 rings (SSSR count). The Morgan fingerprint density at radius 1 is 0.517 bits per heavy atom. The van der Waals surface area contributed by atoms with Crippen LogP contribution in [0.2, 0.25) is 0 Å². The van der Waals surface area contributed by atoms with Crippen molar-refractivity contribution in [3.05, 3.63) is 120 Å². The minimum atomic E-state index is -1.54. The number of hydrogen-bond acceptors (Lipinski definition) is 8. The molecule has 4 unspecified atom stereocenters. The SMILES string of the molecule is CCCN(Cc1ccc(Oc2ccccc2)cc1)C(=O)C1C(C(=O)O)C(C(=O)OCC(=O)N(CC)CC)C1C(=O)N(CCC)Cc1ccc(Oc2ccccc2)cc1. The van der Waals surface area contributed by atoms with Crippen LogP contribution in [0.3, 0.4) is 0 Å². The first-order valence-electron chi connectivity index (χ1n) is 20.0. The highest BCUT2D eigenvalue weighted by Crippen LogP contribution is 2.49. The number of carbonyl (C=O) groups excluding carboxylic acids is 4. The van der Waals surface area contributed by atoms with Gasteiger partial charge in [-0.15, -0.1) is 0 Å². The Morgan fingerprint density at radius 2 is 0.914 bits per heavy atom. The molecule has 1 N–H and O–H groups in total. The summed E-state index contributed by atoms with van der Waals surface area (Å²) in [5.74, 6) is -7.06. The van der Waals surface area contributed by atoms with Crippen LogP contribution in [-0.4, -0.2) is 82.3 Å². The number of esters is 1. The predicted molar refractivity (Wildman–Crippen MR) is 218 cm³/mol. The number of ether oxygens (including phenoxy) is 3. The van der Waals surface area contributed by atoms with E-state index in [9.17, 15) is 29.1 Å². The van der Waals surface area contributed by atoms with Gasteiger partial charge in [0.05, 0.1) is 23.7 Å². The van der Waals surface area contributed by atoms with Crippen molar-refractivity contribution in [2.45, 2.75) is 53.6 Å². The van der Waals surface area contributed by atoms with Crippen LogP contribution in [0.4, 0.5) is 0 Å². The van der Waals surface area contributed by atoms with Gasteiger partial charge in [0.1, 0.15) is 23.0 Å². The molecule has 3 amide bonds. The molecule has 1 saturated carbocycles. The van der Waals surface area contributed by atoms with Crippen LogP contribution in [0.5, 0.6) is 23.0 Å². The van der Waals surface area contributed by atoms with Crippen LogP contribution in [0.15, 0.2) is 109 Å². The van der Waals surface area contributed by atoms with E-state index in [1.54, 1.807) is 47.9 Å². The molecule has 1 fully saturated rings. The Morgan fingerprint density at radius 3 is 1.29 bits per heavy atom. The summed E-state index contributed by atoms with van der Waals surface area (Å²) >= 11 is 0. The van der Waals surface area contributed by atoms with Gasteiger partial charge in [0, 0.05) is 39.3 Å². The van der Waals surface area contributed by atoms with Gasteiger partial charge in [-0.05, 0) is 86.3 Å². The smallest absolute Gasteiger partial charge is 0.311 e. The molecule has 4 aromatic rings. The summed E-state index contributed by atoms with van der Waals surface area (Å²) in [6.07, 6.45) is 1.13. The molecule has 0 spiro atoms. The van der Waals surface area contributed by atoms with Crippen molar-refractivity contribution in [2.24, 2.45) is 23.7 Å². The van der Waals surface area contributed by atoms with E-state index in [4.69, 9.17) is 14.2 Å². The van der Waals surface area contributed by atoms with Crippen molar-refractivity contribution in [2.75, 3.05) is 32.8 Å². The third-order valence-electron chi connectivity index (χ3n) is 10.3. The zero-order valence-corrected chi connectivity index (χ0v) is 33.6. The molecule has 0 radical (unpaired) electrons. The second-order valence-electron chi connectivity index (χ2n) is 14.3. The van der Waals surface area contributed by atoms with Gasteiger partial charge >= 0.3 is 11.9 Å². The van der Waals surface area contributed by atoms with E-state index in [1.165, 1.54) is 4.90 Å². The Labute approximate surface area is 340 Å². The van der Waals surface area contributed by atoms with Crippen LogP contribution in [0, 0.1) is 23.7 Å². The van der Waals surface area contributed by atoms with E-state index >= 15 is 0 Å². The molecule has 0 aromatic heterocycles. The summed E-state index contributed by atoms with van der Waals surface area (Å²) in [5.41, 5.74) is 1.55. The van der Waals surface area contributed by atoms with Crippen LogP contribution in [0.1, 0.15) is 51.7 Å². The van der Waals surface area contributed by atoms with Crippen molar-refractivity contribution in [3.8, 4) is 23.0 Å². The fourth-order valence-electron chi connectivity index (χ4n) is 7.37. The second-order valence-corrected chi connectivity index (χ2v) is 14.3. The number of likely N-dealkylation sites (N-methyl/N-ethyl adjacent to an activating group) is 1. The molecule has 0 aliphatic heterocycles. The van der Waals surface area contributed by atoms with Crippen LogP contribution in [-0.2, 0) is 41.8 Å². The third-order valence-corrected chi connectivity index (χ3v) is 10.3. The summed E-state index contributed by atoms with van der Waals surface area (Å²) in [4.78, 5) is 73.6. The second kappa shape index (κ2) is 20.8. The van der Waals surface area contributed by atoms with Crippen molar-refractivity contribution >= 4 is 29.7 Å². The first-order chi connectivity index (χ1) is 28.1. The monoisotopic (exact) mass is 791 g/mol. The van der Waals surface area contributed by atoms with E-state index in [0.29, 0.717) is 48.9 Å². The van der Waals surface area contributed by atoms with E-state index < -0.39 is 59.9 Å². The quantitative estimate of drug-likeness (QED) is 0.0905. The first-order valence-corrected chi connectivity index (χ1v) is 20.0. The van der Waals surface area contributed by atoms with Crippen molar-refractivity contribution in [1.82, 2.24) is 14.7 Å². The van der Waals surface area contributed by atoms with Gasteiger partial charge in [0.2, 0.25) is 11.8 Å². The molecular weight excluding hydrogens is 739 g/mol. The van der Waals surface area contributed by atoms with Gasteiger partial charge < -0.3 is 34.0 Å². The minimum absolute atomic E-state index is 0.144. The van der Waals surface area contributed by atoms with Gasteiger partial charge in [-0.3, -0.25) is 24.0 Å². The molecule has 4 atom stereocenters. The van der Waals surface area contributed by atoms with Crippen molar-refractivity contribution in [1.29, 1.82) is 0 Å². The number of carboxylic acids is 1. The fourth-order valence-corrected chi connectivity index (χ4v) is 7.37. The van der Waals surface area contributed by atoms with Crippen LogP contribution in [0.25, 0.3) is 0 Å². The number of benzene rings is 4. The fraction of sp³-hybridized carbons (Fsp3) is 0.370. The lowest BCUT2D eigenvalue weighted by atomic mass is 9.55. The lowest BCUT2D eigenvalue weighted by Crippen LogP contribution is -2.64. The number of carboxylic acid groups (broad SMARTS) is 1. The van der Waals surface area contributed by atoms with Gasteiger partial charge in [-0.1, -0.05) is 74.5 Å². The lowest BCUT2D eigenvalue weighted by molar-refractivity contribution is -0.190. The number of aliphatic carboxylic acids is 1. The number of amides is 3. The maximum Gasteiger partial charge on any atom is 0.311 e. The largest absolute Gasteiger partial charge is 0.481 e. The molecule has 1 aliphatic rings. The third kappa shape index (κ3) is 10.8. The predicted octanol–water partition coefficient (Wildman–Crippen LogP) is 7.42. The number of nitrogens with zero attached hydrogens (tertiary/aromatic N) is 3. The standard InChI is InChI=1S/C46H53N3O9/c1-5-27-48(29-32-19-23-36(24-20-32)57-34-15-11-9-12-16-34)43(51)39-40(42(41(39)45(53)54)46(55)56-31-38(50)47(7-3)8-4)44(52)49(28-6-2)30-33-21-25-37(26-22-33)58-35-17-13-10-14-18-35/h9-26,39-42H,5-8,27-31H2,1-4H3,(H,53,54). The normalized spacial score (nSPS) is 17.0. The Bertz CT molecular complexity index is 1970. The Hall–Kier alpha value is -6.17. The van der Waals surface area contributed by atoms with E-state index in [-0.39, 0.29) is 26.2 Å². The van der Waals surface area contributed by atoms with Gasteiger partial charge in [0.25, 0.3) is 5.91 Å². The first kappa shape index (κ1) is 43.0. The number of para-hydroxylation sites is 2. The molecule has 0 saturated heterocycles. The topological polar surface area (TPSA) is 143 Å². The molecule has 1 aliphatic carbocycles. The molecular formula is C46H53N3O9. The van der Waals surface area contributed by atoms with E-state index in [0.717, 1.165) is 11.1 Å². The lowest BCUT2D eigenvalue weighted by Gasteiger charge is -2.49. The Kier molecular flexibility index (Phi) is 15.4. The molecule has 0 bridgehead atoms. The summed E-state index contributed by atoms with van der Waals surface area (Å²) < 4.78 is 17.3. The van der Waals surface area contributed by atoms with Gasteiger partial charge in [0.15, 0.2) is 6.61 Å². The van der Waals surface area contributed by atoms with Crippen molar-refractivity contribution in [3.63, 3.8) is 0 Å². The average Bonchev–Trinajstić information content (AvgIpc) is 3.21. The zero-order chi connectivity index (χ0) is 41.6. The molecule has 0 heterocycles. The van der Waals surface area contributed by atoms with Crippen LogP contribution < -0.4 is 9.47 Å². The summed E-state index contributed by atoms with van der Waals surface area (Å²) in [6.45, 7) is 8.44. The van der Waals surface area contributed by atoms with Crippen molar-refractivity contribution < 1.29 is 43.3 Å². The summed E-state index contributed by atoms with van der Waals surface area (Å²) in [7, 11) is 0. The van der Waals surface area contributed by atoms with Gasteiger partial charge in [-0.25, -0.2) is 0 Å². The highest BCUT2D eigenvalue weighted by Gasteiger charge is 2.65.